The number of benzene rings is 1. The van der Waals surface area contributed by atoms with E-state index < -0.39 is 6.10 Å². The van der Waals surface area contributed by atoms with E-state index in [2.05, 4.69) is 17.1 Å². The Labute approximate surface area is 127 Å². The van der Waals surface area contributed by atoms with Crippen molar-refractivity contribution in [2.24, 2.45) is 5.92 Å². The van der Waals surface area contributed by atoms with E-state index in [4.69, 9.17) is 0 Å². The molecule has 0 saturated carbocycles. The molecule has 1 saturated heterocycles. The van der Waals surface area contributed by atoms with E-state index in [1.54, 1.807) is 0 Å². The lowest BCUT2D eigenvalue weighted by Crippen LogP contribution is -2.40. The van der Waals surface area contributed by atoms with Gasteiger partial charge in [-0.2, -0.15) is 0 Å². The predicted octanol–water partition coefficient (Wildman–Crippen LogP) is 1.96. The van der Waals surface area contributed by atoms with Crippen molar-refractivity contribution in [3.8, 4) is 0 Å². The Morgan fingerprint density at radius 3 is 2.90 bits per heavy atom. The summed E-state index contributed by atoms with van der Waals surface area (Å²) in [7, 11) is 0. The number of carbonyl (C=O) groups excluding carboxylic acids is 1. The van der Waals surface area contributed by atoms with Crippen molar-refractivity contribution in [1.29, 1.82) is 0 Å². The van der Waals surface area contributed by atoms with Crippen LogP contribution >= 0.6 is 0 Å². The molecule has 1 heterocycles. The maximum atomic E-state index is 11.8. The molecule has 2 rings (SSSR count). The number of aliphatic hydroxyl groups is 1. The second-order valence-corrected chi connectivity index (χ2v) is 6.03. The predicted molar refractivity (Wildman–Crippen MR) is 83.9 cm³/mol. The van der Waals surface area contributed by atoms with E-state index in [-0.39, 0.29) is 12.3 Å². The fourth-order valence-electron chi connectivity index (χ4n) is 2.88. The molecule has 116 valence electrons. The summed E-state index contributed by atoms with van der Waals surface area (Å²) in [5, 5.41) is 12.9. The lowest BCUT2D eigenvalue weighted by Gasteiger charge is -2.30. The quantitative estimate of drug-likeness (QED) is 0.842. The fourth-order valence-corrected chi connectivity index (χ4v) is 2.88. The number of likely N-dealkylation sites (tertiary alicyclic amines) is 1. The highest BCUT2D eigenvalue weighted by Gasteiger charge is 2.16. The maximum Gasteiger partial charge on any atom is 0.223 e. The second kappa shape index (κ2) is 8.15. The standard InChI is InChI=1S/C17H26N2O2/c1-14-6-5-10-19(13-14)11-9-18-17(21)12-16(20)15-7-3-2-4-8-15/h2-4,7-8,14,16,20H,5-6,9-13H2,1H3,(H,18,21). The first-order valence-corrected chi connectivity index (χ1v) is 7.87. The highest BCUT2D eigenvalue weighted by Crippen LogP contribution is 2.16. The molecule has 0 aliphatic carbocycles. The highest BCUT2D eigenvalue weighted by molar-refractivity contribution is 5.76. The zero-order chi connectivity index (χ0) is 15.1. The van der Waals surface area contributed by atoms with Crippen LogP contribution in [0.2, 0.25) is 0 Å². The van der Waals surface area contributed by atoms with Crippen LogP contribution < -0.4 is 5.32 Å². The molecular weight excluding hydrogens is 264 g/mol. The van der Waals surface area contributed by atoms with Crippen molar-refractivity contribution >= 4 is 5.91 Å². The van der Waals surface area contributed by atoms with Crippen molar-refractivity contribution in [2.45, 2.75) is 32.3 Å². The first-order chi connectivity index (χ1) is 10.1. The van der Waals surface area contributed by atoms with Gasteiger partial charge in [0.1, 0.15) is 0 Å². The normalized spacial score (nSPS) is 21.0. The van der Waals surface area contributed by atoms with Crippen LogP contribution in [0.1, 0.15) is 37.9 Å². The lowest BCUT2D eigenvalue weighted by atomic mass is 10.0. The van der Waals surface area contributed by atoms with E-state index in [0.29, 0.717) is 6.54 Å². The van der Waals surface area contributed by atoms with Crippen molar-refractivity contribution < 1.29 is 9.90 Å². The zero-order valence-corrected chi connectivity index (χ0v) is 12.8. The van der Waals surface area contributed by atoms with Gasteiger partial charge in [0.15, 0.2) is 0 Å². The number of nitrogens with zero attached hydrogens (tertiary/aromatic N) is 1. The molecule has 1 aromatic carbocycles. The molecule has 1 aromatic rings. The van der Waals surface area contributed by atoms with E-state index >= 15 is 0 Å². The van der Waals surface area contributed by atoms with Gasteiger partial charge in [0.2, 0.25) is 5.91 Å². The third kappa shape index (κ3) is 5.48. The summed E-state index contributed by atoms with van der Waals surface area (Å²) in [4.78, 5) is 14.2. The Hall–Kier alpha value is -1.39. The highest BCUT2D eigenvalue weighted by atomic mass is 16.3. The van der Waals surface area contributed by atoms with Gasteiger partial charge in [0, 0.05) is 19.6 Å². The first kappa shape index (κ1) is 16.0. The molecule has 2 atom stereocenters. The van der Waals surface area contributed by atoms with Crippen LogP contribution in [0.4, 0.5) is 0 Å². The van der Waals surface area contributed by atoms with Crippen molar-refractivity contribution in [3.63, 3.8) is 0 Å². The SMILES string of the molecule is CC1CCCN(CCNC(=O)CC(O)c2ccccc2)C1. The Kier molecular flexibility index (Phi) is 6.21. The molecule has 0 spiro atoms. The van der Waals surface area contributed by atoms with Gasteiger partial charge in [-0.1, -0.05) is 37.3 Å². The summed E-state index contributed by atoms with van der Waals surface area (Å²) < 4.78 is 0. The molecule has 4 nitrogen and oxygen atoms in total. The Morgan fingerprint density at radius 1 is 1.43 bits per heavy atom. The zero-order valence-electron chi connectivity index (χ0n) is 12.8. The topological polar surface area (TPSA) is 52.6 Å². The molecule has 1 aliphatic heterocycles. The van der Waals surface area contributed by atoms with Gasteiger partial charge >= 0.3 is 0 Å². The second-order valence-electron chi connectivity index (χ2n) is 6.03. The van der Waals surface area contributed by atoms with Gasteiger partial charge in [0.05, 0.1) is 12.5 Å². The molecular formula is C17H26N2O2. The molecule has 2 N–H and O–H groups in total. The number of piperidine rings is 1. The Morgan fingerprint density at radius 2 is 2.19 bits per heavy atom. The van der Waals surface area contributed by atoms with Crippen LogP contribution in [-0.4, -0.2) is 42.1 Å². The van der Waals surface area contributed by atoms with Crippen molar-refractivity contribution in [2.75, 3.05) is 26.2 Å². The van der Waals surface area contributed by atoms with E-state index in [0.717, 1.165) is 31.1 Å². The van der Waals surface area contributed by atoms with Crippen molar-refractivity contribution in [1.82, 2.24) is 10.2 Å². The van der Waals surface area contributed by atoms with Crippen LogP contribution in [0, 0.1) is 5.92 Å². The molecule has 0 bridgehead atoms. The molecule has 2 unspecified atom stereocenters. The lowest BCUT2D eigenvalue weighted by molar-refractivity contribution is -0.123. The number of aliphatic hydroxyl groups excluding tert-OH is 1. The van der Waals surface area contributed by atoms with Gasteiger partial charge in [0.25, 0.3) is 0 Å². The van der Waals surface area contributed by atoms with Crippen LogP contribution in [-0.2, 0) is 4.79 Å². The summed E-state index contributed by atoms with van der Waals surface area (Å²) in [6.07, 6.45) is 1.97. The number of amides is 1. The molecule has 1 fully saturated rings. The number of nitrogens with one attached hydrogen (secondary N) is 1. The average Bonchev–Trinajstić information content (AvgIpc) is 2.48. The van der Waals surface area contributed by atoms with Gasteiger partial charge in [-0.05, 0) is 30.9 Å². The van der Waals surface area contributed by atoms with E-state index in [1.807, 2.05) is 30.3 Å². The van der Waals surface area contributed by atoms with Crippen molar-refractivity contribution in [3.05, 3.63) is 35.9 Å². The van der Waals surface area contributed by atoms with Crippen LogP contribution in [0.5, 0.6) is 0 Å². The van der Waals surface area contributed by atoms with Gasteiger partial charge < -0.3 is 15.3 Å². The van der Waals surface area contributed by atoms with Crippen LogP contribution in [0.15, 0.2) is 30.3 Å². The summed E-state index contributed by atoms with van der Waals surface area (Å²) in [5.74, 6) is 0.672. The molecule has 0 aromatic heterocycles. The minimum Gasteiger partial charge on any atom is -0.388 e. The van der Waals surface area contributed by atoms with E-state index in [9.17, 15) is 9.90 Å². The maximum absolute atomic E-state index is 11.8. The van der Waals surface area contributed by atoms with Gasteiger partial charge in [-0.15, -0.1) is 0 Å². The largest absolute Gasteiger partial charge is 0.388 e. The smallest absolute Gasteiger partial charge is 0.223 e. The third-order valence-corrected chi connectivity index (χ3v) is 4.05. The monoisotopic (exact) mass is 290 g/mol. The molecule has 1 amide bonds. The fraction of sp³-hybridized carbons (Fsp3) is 0.588. The van der Waals surface area contributed by atoms with Gasteiger partial charge in [-0.3, -0.25) is 4.79 Å². The number of rotatable bonds is 6. The summed E-state index contributed by atoms with van der Waals surface area (Å²) in [5.41, 5.74) is 0.789. The van der Waals surface area contributed by atoms with Gasteiger partial charge in [-0.25, -0.2) is 0 Å². The Balaban J connectivity index is 1.65. The number of hydrogen-bond donors (Lipinski definition) is 2. The summed E-state index contributed by atoms with van der Waals surface area (Å²) >= 11 is 0. The van der Waals surface area contributed by atoms with Crippen LogP contribution in [0.25, 0.3) is 0 Å². The first-order valence-electron chi connectivity index (χ1n) is 7.87. The molecule has 1 aliphatic rings. The number of hydrogen-bond acceptors (Lipinski definition) is 3. The molecule has 0 radical (unpaired) electrons. The molecule has 4 heteroatoms. The van der Waals surface area contributed by atoms with Crippen LogP contribution in [0.3, 0.4) is 0 Å². The minimum absolute atomic E-state index is 0.0867. The summed E-state index contributed by atoms with van der Waals surface area (Å²) in [6.45, 7) is 6.10. The molecule has 21 heavy (non-hydrogen) atoms. The average molecular weight is 290 g/mol. The Bertz CT molecular complexity index is 436. The number of carbonyl (C=O) groups is 1. The minimum atomic E-state index is -0.721. The summed E-state index contributed by atoms with van der Waals surface area (Å²) in [6, 6.07) is 9.32. The van der Waals surface area contributed by atoms with E-state index in [1.165, 1.54) is 12.8 Å². The third-order valence-electron chi connectivity index (χ3n) is 4.05.